The molecule has 5 N–H and O–H groups in total. The Labute approximate surface area is 228 Å². The largest absolute Gasteiger partial charge is 0.480 e. The van der Waals surface area contributed by atoms with E-state index in [1.165, 1.54) is 0 Å². The Morgan fingerprint density at radius 3 is 2.03 bits per heavy atom. The number of carboxylic acid groups (broad SMARTS) is 1. The molecule has 2 atom stereocenters. The second-order valence-electron chi connectivity index (χ2n) is 10.5. The summed E-state index contributed by atoms with van der Waals surface area (Å²) in [7, 11) is 0. The van der Waals surface area contributed by atoms with Crippen LogP contribution in [-0.4, -0.2) is 71.4 Å². The number of carboxylic acids is 1. The fourth-order valence-corrected chi connectivity index (χ4v) is 3.44. The van der Waals surface area contributed by atoms with Gasteiger partial charge in [-0.1, -0.05) is 44.2 Å². The molecule has 4 amide bonds. The topological polar surface area (TPSA) is 180 Å². The lowest BCUT2D eigenvalue weighted by molar-refractivity contribution is -0.155. The van der Waals surface area contributed by atoms with Gasteiger partial charge in [0.05, 0.1) is 13.0 Å². The first kappa shape index (κ1) is 33.1. The molecule has 0 spiro atoms. The monoisotopic (exact) mass is 548 g/mol. The minimum Gasteiger partial charge on any atom is -0.480 e. The van der Waals surface area contributed by atoms with Gasteiger partial charge in [-0.05, 0) is 38.7 Å². The Morgan fingerprint density at radius 2 is 1.46 bits per heavy atom. The number of aliphatic carboxylic acids is 1. The summed E-state index contributed by atoms with van der Waals surface area (Å²) in [5.74, 6) is -4.23. The lowest BCUT2D eigenvalue weighted by Crippen LogP contribution is -2.56. The van der Waals surface area contributed by atoms with Crippen LogP contribution in [-0.2, 0) is 39.9 Å². The first-order valence-electron chi connectivity index (χ1n) is 12.8. The molecular weight excluding hydrogens is 508 g/mol. The third kappa shape index (κ3) is 15.1. The molecule has 0 heterocycles. The molecule has 0 aliphatic rings. The summed E-state index contributed by atoms with van der Waals surface area (Å²) < 4.78 is 5.15. The van der Waals surface area contributed by atoms with Crippen molar-refractivity contribution in [2.45, 2.75) is 78.0 Å². The fraction of sp³-hybridized carbons (Fsp3) is 0.556. The van der Waals surface area contributed by atoms with E-state index >= 15 is 0 Å². The van der Waals surface area contributed by atoms with Crippen molar-refractivity contribution in [2.24, 2.45) is 5.92 Å². The van der Waals surface area contributed by atoms with Gasteiger partial charge in [-0.25, -0.2) is 0 Å². The number of carbonyl (C=O) groups excluding carboxylic acids is 5. The normalized spacial score (nSPS) is 12.6. The molecule has 0 saturated heterocycles. The van der Waals surface area contributed by atoms with Crippen molar-refractivity contribution < 1.29 is 38.6 Å². The summed E-state index contributed by atoms with van der Waals surface area (Å²) in [6.07, 6.45) is 0.0381. The molecule has 0 bridgehead atoms. The van der Waals surface area contributed by atoms with Gasteiger partial charge in [-0.3, -0.25) is 28.8 Å². The highest BCUT2D eigenvalue weighted by Gasteiger charge is 2.28. The predicted octanol–water partition coefficient (Wildman–Crippen LogP) is 0.684. The van der Waals surface area contributed by atoms with E-state index in [2.05, 4.69) is 21.3 Å². The van der Waals surface area contributed by atoms with Crippen LogP contribution >= 0.6 is 0 Å². The van der Waals surface area contributed by atoms with E-state index in [1.807, 2.05) is 13.8 Å². The SMILES string of the molecule is CC(C)C[C@H](NC(=O)[C@H](Cc1ccccc1)NC(=O)CNC(=O)CCC(=O)OC(C)(C)C)C(=O)NCC(=O)O. The molecule has 1 aromatic rings. The van der Waals surface area contributed by atoms with E-state index < -0.39 is 66.3 Å². The van der Waals surface area contributed by atoms with Gasteiger partial charge in [0.25, 0.3) is 0 Å². The van der Waals surface area contributed by atoms with Crippen molar-refractivity contribution in [3.05, 3.63) is 35.9 Å². The zero-order chi connectivity index (χ0) is 29.6. The van der Waals surface area contributed by atoms with E-state index in [0.717, 1.165) is 5.56 Å². The Hall–Kier alpha value is -3.96. The summed E-state index contributed by atoms with van der Waals surface area (Å²) in [6.45, 7) is 7.80. The van der Waals surface area contributed by atoms with Crippen molar-refractivity contribution >= 4 is 35.6 Å². The number of nitrogens with one attached hydrogen (secondary N) is 4. The molecule has 1 aromatic carbocycles. The lowest BCUT2D eigenvalue weighted by atomic mass is 10.0. The molecule has 0 radical (unpaired) electrons. The van der Waals surface area contributed by atoms with E-state index in [1.54, 1.807) is 51.1 Å². The van der Waals surface area contributed by atoms with Gasteiger partial charge in [0, 0.05) is 12.8 Å². The molecule has 0 aromatic heterocycles. The molecule has 12 nitrogen and oxygen atoms in total. The molecular formula is C27H40N4O8. The van der Waals surface area contributed by atoms with Gasteiger partial charge >= 0.3 is 11.9 Å². The number of rotatable bonds is 15. The second kappa shape index (κ2) is 16.1. The van der Waals surface area contributed by atoms with Gasteiger partial charge in [0.1, 0.15) is 24.2 Å². The van der Waals surface area contributed by atoms with Crippen LogP contribution in [0.1, 0.15) is 59.4 Å². The summed E-state index contributed by atoms with van der Waals surface area (Å²) in [6, 6.07) is 6.80. The molecule has 0 aliphatic heterocycles. The predicted molar refractivity (Wildman–Crippen MR) is 142 cm³/mol. The van der Waals surface area contributed by atoms with Gasteiger partial charge in [-0.2, -0.15) is 0 Å². The van der Waals surface area contributed by atoms with E-state index in [9.17, 15) is 28.8 Å². The number of esters is 1. The Bertz CT molecular complexity index is 1000. The van der Waals surface area contributed by atoms with Crippen LogP contribution in [0, 0.1) is 5.92 Å². The van der Waals surface area contributed by atoms with Crippen LogP contribution in [0.15, 0.2) is 30.3 Å². The maximum atomic E-state index is 13.2. The van der Waals surface area contributed by atoms with Crippen LogP contribution in [0.25, 0.3) is 0 Å². The van der Waals surface area contributed by atoms with Crippen molar-refractivity contribution in [2.75, 3.05) is 13.1 Å². The molecule has 39 heavy (non-hydrogen) atoms. The first-order chi connectivity index (χ1) is 18.2. The van der Waals surface area contributed by atoms with Crippen molar-refractivity contribution in [3.63, 3.8) is 0 Å². The van der Waals surface area contributed by atoms with Crippen LogP contribution in [0.3, 0.4) is 0 Å². The Kier molecular flexibility index (Phi) is 13.7. The highest BCUT2D eigenvalue weighted by Crippen LogP contribution is 2.10. The summed E-state index contributed by atoms with van der Waals surface area (Å²) in [5, 5.41) is 18.7. The zero-order valence-corrected chi connectivity index (χ0v) is 23.2. The molecule has 12 heteroatoms. The quantitative estimate of drug-likeness (QED) is 0.199. The number of hydrogen-bond donors (Lipinski definition) is 5. The van der Waals surface area contributed by atoms with Crippen molar-refractivity contribution in [3.8, 4) is 0 Å². The van der Waals surface area contributed by atoms with Gasteiger partial charge in [0.15, 0.2) is 0 Å². The standard InChI is InChI=1S/C27H40N4O8/c1-17(2)13-19(25(37)29-16-23(34)35)31-26(38)20(14-18-9-7-6-8-10-18)30-22(33)15-28-21(32)11-12-24(36)39-27(3,4)5/h6-10,17,19-20H,11-16H2,1-5H3,(H,28,32)(H,29,37)(H,30,33)(H,31,38)(H,34,35)/t19-,20-/m0/s1. The minimum absolute atomic E-state index is 0.00364. The number of carbonyl (C=O) groups is 6. The van der Waals surface area contributed by atoms with Crippen molar-refractivity contribution in [1.29, 1.82) is 0 Å². The molecule has 1 rings (SSSR count). The Morgan fingerprint density at radius 1 is 0.821 bits per heavy atom. The first-order valence-corrected chi connectivity index (χ1v) is 12.8. The van der Waals surface area contributed by atoms with Crippen LogP contribution < -0.4 is 21.3 Å². The van der Waals surface area contributed by atoms with E-state index in [4.69, 9.17) is 9.84 Å². The maximum Gasteiger partial charge on any atom is 0.322 e. The fourth-order valence-electron chi connectivity index (χ4n) is 3.44. The molecule has 0 aliphatic carbocycles. The molecule has 0 unspecified atom stereocenters. The lowest BCUT2D eigenvalue weighted by Gasteiger charge is -2.24. The number of hydrogen-bond acceptors (Lipinski definition) is 7. The minimum atomic E-state index is -1.22. The molecule has 216 valence electrons. The van der Waals surface area contributed by atoms with Gasteiger partial charge < -0.3 is 31.1 Å². The summed E-state index contributed by atoms with van der Waals surface area (Å²) >= 11 is 0. The van der Waals surface area contributed by atoms with Crippen molar-refractivity contribution in [1.82, 2.24) is 21.3 Å². The Balaban J connectivity index is 2.83. The van der Waals surface area contributed by atoms with Gasteiger partial charge in [0.2, 0.25) is 23.6 Å². The van der Waals surface area contributed by atoms with Gasteiger partial charge in [-0.15, -0.1) is 0 Å². The summed E-state index contributed by atoms with van der Waals surface area (Å²) in [4.78, 5) is 73.1. The second-order valence-corrected chi connectivity index (χ2v) is 10.5. The average Bonchev–Trinajstić information content (AvgIpc) is 2.83. The third-order valence-corrected chi connectivity index (χ3v) is 5.11. The van der Waals surface area contributed by atoms with E-state index in [-0.39, 0.29) is 31.6 Å². The number of ether oxygens (including phenoxy) is 1. The van der Waals surface area contributed by atoms with Crippen LogP contribution in [0.5, 0.6) is 0 Å². The maximum absolute atomic E-state index is 13.2. The van der Waals surface area contributed by atoms with Crippen LogP contribution in [0.4, 0.5) is 0 Å². The smallest absolute Gasteiger partial charge is 0.322 e. The number of amides is 4. The van der Waals surface area contributed by atoms with Crippen LogP contribution in [0.2, 0.25) is 0 Å². The average molecular weight is 549 g/mol. The highest BCUT2D eigenvalue weighted by atomic mass is 16.6. The third-order valence-electron chi connectivity index (χ3n) is 5.11. The molecule has 0 saturated carbocycles. The summed E-state index contributed by atoms with van der Waals surface area (Å²) in [5.41, 5.74) is 0.0717. The molecule has 0 fully saturated rings. The zero-order valence-electron chi connectivity index (χ0n) is 23.2. The van der Waals surface area contributed by atoms with E-state index in [0.29, 0.717) is 0 Å². The number of benzene rings is 1. The highest BCUT2D eigenvalue weighted by molar-refractivity contribution is 5.94.